The van der Waals surface area contributed by atoms with Crippen molar-refractivity contribution in [1.29, 1.82) is 0 Å². The summed E-state index contributed by atoms with van der Waals surface area (Å²) in [6.07, 6.45) is 0. The Hall–Kier alpha value is -2.43. The maximum atomic E-state index is 13.3. The molecule has 0 aliphatic rings. The minimum absolute atomic E-state index is 0.307. The van der Waals surface area contributed by atoms with Crippen molar-refractivity contribution in [3.05, 3.63) is 47.8 Å². The van der Waals surface area contributed by atoms with Crippen LogP contribution in [0.25, 0.3) is 0 Å². The van der Waals surface area contributed by atoms with Crippen LogP contribution >= 0.6 is 0 Å². The van der Waals surface area contributed by atoms with E-state index in [1.165, 1.54) is 6.07 Å². The average molecular weight is 291 g/mol. The molecule has 2 aromatic carbocycles. The summed E-state index contributed by atoms with van der Waals surface area (Å²) >= 11 is 0. The lowest BCUT2D eigenvalue weighted by molar-refractivity contribution is 0.311. The molecule has 0 aromatic heterocycles. The lowest BCUT2D eigenvalue weighted by Crippen LogP contribution is -2.02. The van der Waals surface area contributed by atoms with E-state index in [1.807, 2.05) is 13.0 Å². The van der Waals surface area contributed by atoms with Crippen LogP contribution < -0.4 is 14.8 Å². The first kappa shape index (κ1) is 15.0. The molecule has 5 heteroatoms. The number of aromatic hydroxyl groups is 1. The molecule has 0 fully saturated rings. The van der Waals surface area contributed by atoms with Gasteiger partial charge >= 0.3 is 0 Å². The average Bonchev–Trinajstić information content (AvgIpc) is 2.49. The molecular weight excluding hydrogens is 273 g/mol. The standard InChI is InChI=1S/C16H18FNO3/c1-3-21-15-9-12(7-8-14(15)20-2)18-10-11-5-4-6-13(17)16(11)19/h4-9,18-19H,3,10H2,1-2H3. The number of hydrogen-bond acceptors (Lipinski definition) is 4. The summed E-state index contributed by atoms with van der Waals surface area (Å²) in [6.45, 7) is 2.73. The second-order valence-corrected chi connectivity index (χ2v) is 4.40. The third kappa shape index (κ3) is 3.56. The van der Waals surface area contributed by atoms with Crippen LogP contribution in [0.3, 0.4) is 0 Å². The summed E-state index contributed by atoms with van der Waals surface area (Å²) in [5, 5.41) is 12.8. The molecule has 0 heterocycles. The Morgan fingerprint density at radius 1 is 1.19 bits per heavy atom. The first-order chi connectivity index (χ1) is 10.2. The van der Waals surface area contributed by atoms with E-state index in [4.69, 9.17) is 9.47 Å². The second-order valence-electron chi connectivity index (χ2n) is 4.40. The first-order valence-electron chi connectivity index (χ1n) is 6.66. The number of phenolic OH excluding ortho intramolecular Hbond substituents is 1. The van der Waals surface area contributed by atoms with Crippen molar-refractivity contribution in [2.75, 3.05) is 19.0 Å². The molecule has 2 N–H and O–H groups in total. The van der Waals surface area contributed by atoms with E-state index in [-0.39, 0.29) is 5.75 Å². The van der Waals surface area contributed by atoms with Crippen molar-refractivity contribution in [1.82, 2.24) is 0 Å². The van der Waals surface area contributed by atoms with E-state index in [2.05, 4.69) is 5.32 Å². The Labute approximate surface area is 123 Å². The van der Waals surface area contributed by atoms with Gasteiger partial charge in [-0.05, 0) is 25.1 Å². The van der Waals surface area contributed by atoms with Crippen LogP contribution in [-0.2, 0) is 6.54 Å². The number of phenols is 1. The molecular formula is C16H18FNO3. The Morgan fingerprint density at radius 3 is 2.71 bits per heavy atom. The van der Waals surface area contributed by atoms with Crippen molar-refractivity contribution >= 4 is 5.69 Å². The van der Waals surface area contributed by atoms with Crippen LogP contribution in [0.1, 0.15) is 12.5 Å². The van der Waals surface area contributed by atoms with Gasteiger partial charge in [0.25, 0.3) is 0 Å². The number of benzene rings is 2. The van der Waals surface area contributed by atoms with Gasteiger partial charge in [-0.2, -0.15) is 0 Å². The van der Waals surface area contributed by atoms with Gasteiger partial charge in [-0.15, -0.1) is 0 Å². The first-order valence-corrected chi connectivity index (χ1v) is 6.66. The van der Waals surface area contributed by atoms with Gasteiger partial charge in [-0.3, -0.25) is 0 Å². The summed E-state index contributed by atoms with van der Waals surface area (Å²) in [4.78, 5) is 0. The highest BCUT2D eigenvalue weighted by Crippen LogP contribution is 2.30. The van der Waals surface area contributed by atoms with Gasteiger partial charge in [0, 0.05) is 23.9 Å². The van der Waals surface area contributed by atoms with E-state index >= 15 is 0 Å². The van der Waals surface area contributed by atoms with E-state index in [1.54, 1.807) is 31.4 Å². The maximum absolute atomic E-state index is 13.3. The third-order valence-corrected chi connectivity index (χ3v) is 3.02. The van der Waals surface area contributed by atoms with Crippen molar-refractivity contribution in [3.63, 3.8) is 0 Å². The summed E-state index contributed by atoms with van der Waals surface area (Å²) < 4.78 is 24.0. The van der Waals surface area contributed by atoms with E-state index < -0.39 is 5.82 Å². The molecule has 4 nitrogen and oxygen atoms in total. The molecule has 2 aromatic rings. The van der Waals surface area contributed by atoms with E-state index in [9.17, 15) is 9.50 Å². The molecule has 0 aliphatic heterocycles. The SMILES string of the molecule is CCOc1cc(NCc2cccc(F)c2O)ccc1OC. The molecule has 0 bridgehead atoms. The van der Waals surface area contributed by atoms with Crippen LogP contribution in [-0.4, -0.2) is 18.8 Å². The van der Waals surface area contributed by atoms with Gasteiger partial charge in [0.2, 0.25) is 0 Å². The normalized spacial score (nSPS) is 10.2. The number of halogens is 1. The third-order valence-electron chi connectivity index (χ3n) is 3.02. The van der Waals surface area contributed by atoms with Crippen molar-refractivity contribution in [2.45, 2.75) is 13.5 Å². The predicted molar refractivity (Wildman–Crippen MR) is 79.6 cm³/mol. The monoisotopic (exact) mass is 291 g/mol. The Morgan fingerprint density at radius 2 is 2.00 bits per heavy atom. The molecule has 0 spiro atoms. The smallest absolute Gasteiger partial charge is 0.165 e. The van der Waals surface area contributed by atoms with E-state index in [0.717, 1.165) is 5.69 Å². The van der Waals surface area contributed by atoms with Crippen LogP contribution in [0.5, 0.6) is 17.2 Å². The van der Waals surface area contributed by atoms with Gasteiger partial charge in [-0.1, -0.05) is 12.1 Å². The van der Waals surface area contributed by atoms with Crippen LogP contribution in [0.4, 0.5) is 10.1 Å². The molecule has 0 atom stereocenters. The van der Waals surface area contributed by atoms with Crippen molar-refractivity contribution in [3.8, 4) is 17.2 Å². The summed E-state index contributed by atoms with van der Waals surface area (Å²) in [5.41, 5.74) is 1.28. The molecule has 0 saturated heterocycles. The zero-order valence-corrected chi connectivity index (χ0v) is 12.0. The number of anilines is 1. The molecule has 2 rings (SSSR count). The molecule has 0 aliphatic carbocycles. The molecule has 0 radical (unpaired) electrons. The fourth-order valence-electron chi connectivity index (χ4n) is 1.95. The number of ether oxygens (including phenoxy) is 2. The quantitative estimate of drug-likeness (QED) is 0.854. The van der Waals surface area contributed by atoms with Gasteiger partial charge in [0.05, 0.1) is 13.7 Å². The Balaban J connectivity index is 2.13. The molecule has 21 heavy (non-hydrogen) atoms. The molecule has 0 unspecified atom stereocenters. The van der Waals surface area contributed by atoms with Crippen LogP contribution in [0, 0.1) is 5.82 Å². The lowest BCUT2D eigenvalue weighted by Gasteiger charge is -2.13. The highest BCUT2D eigenvalue weighted by atomic mass is 19.1. The summed E-state index contributed by atoms with van der Waals surface area (Å²) in [6, 6.07) is 9.87. The Bertz CT molecular complexity index is 616. The van der Waals surface area contributed by atoms with Crippen molar-refractivity contribution < 1.29 is 19.0 Å². The number of rotatable bonds is 6. The fourth-order valence-corrected chi connectivity index (χ4v) is 1.95. The van der Waals surface area contributed by atoms with Gasteiger partial charge < -0.3 is 19.9 Å². The number of methoxy groups -OCH3 is 1. The molecule has 0 saturated carbocycles. The predicted octanol–water partition coefficient (Wildman–Crippen LogP) is 3.55. The highest BCUT2D eigenvalue weighted by molar-refractivity contribution is 5.55. The minimum atomic E-state index is -0.626. The molecule has 0 amide bonds. The lowest BCUT2D eigenvalue weighted by atomic mass is 10.2. The fraction of sp³-hybridized carbons (Fsp3) is 0.250. The van der Waals surface area contributed by atoms with E-state index in [0.29, 0.717) is 30.2 Å². The van der Waals surface area contributed by atoms with Gasteiger partial charge in [0.15, 0.2) is 23.1 Å². The Kier molecular flexibility index (Phi) is 4.87. The summed E-state index contributed by atoms with van der Waals surface area (Å²) in [5.74, 6) is 0.326. The minimum Gasteiger partial charge on any atom is -0.505 e. The topological polar surface area (TPSA) is 50.7 Å². The maximum Gasteiger partial charge on any atom is 0.165 e. The number of nitrogens with one attached hydrogen (secondary N) is 1. The number of hydrogen-bond donors (Lipinski definition) is 2. The molecule has 112 valence electrons. The van der Waals surface area contributed by atoms with Crippen LogP contribution in [0.15, 0.2) is 36.4 Å². The van der Waals surface area contributed by atoms with Gasteiger partial charge in [-0.25, -0.2) is 4.39 Å². The second kappa shape index (κ2) is 6.83. The van der Waals surface area contributed by atoms with Crippen LogP contribution in [0.2, 0.25) is 0 Å². The summed E-state index contributed by atoms with van der Waals surface area (Å²) in [7, 11) is 1.58. The van der Waals surface area contributed by atoms with Crippen molar-refractivity contribution in [2.24, 2.45) is 0 Å². The van der Waals surface area contributed by atoms with Gasteiger partial charge in [0.1, 0.15) is 0 Å². The number of para-hydroxylation sites is 1. The zero-order chi connectivity index (χ0) is 15.2. The highest BCUT2D eigenvalue weighted by Gasteiger charge is 2.08. The largest absolute Gasteiger partial charge is 0.505 e. The zero-order valence-electron chi connectivity index (χ0n) is 12.0.